The second-order valence-corrected chi connectivity index (χ2v) is 4.99. The van der Waals surface area contributed by atoms with Gasteiger partial charge in [0.25, 0.3) is 0 Å². The van der Waals surface area contributed by atoms with Crippen molar-refractivity contribution in [2.24, 2.45) is 27.2 Å². The molecule has 1 atom stereocenters. The van der Waals surface area contributed by atoms with Crippen molar-refractivity contribution in [2.45, 2.75) is 19.9 Å². The van der Waals surface area contributed by atoms with Crippen LogP contribution in [0.4, 0.5) is 0 Å². The van der Waals surface area contributed by atoms with Crippen LogP contribution >= 0.6 is 22.9 Å². The van der Waals surface area contributed by atoms with E-state index < -0.39 is 0 Å². The van der Waals surface area contributed by atoms with Crippen LogP contribution in [0.5, 0.6) is 0 Å². The Morgan fingerprint density at radius 3 is 2.50 bits per heavy atom. The Kier molecular flexibility index (Phi) is 4.14. The minimum atomic E-state index is -0.112. The third-order valence-corrected chi connectivity index (χ3v) is 3.58. The molecule has 6 N–H and O–H groups in total. The zero-order valence-electron chi connectivity index (χ0n) is 9.07. The smallest absolute Gasteiger partial charge is 0.219 e. The number of nitrogens with two attached hydrogens (primary N) is 3. The highest BCUT2D eigenvalue weighted by Gasteiger charge is 2.10. The molecular weight excluding hydrogens is 246 g/mol. The summed E-state index contributed by atoms with van der Waals surface area (Å²) < 4.78 is 0.762. The Morgan fingerprint density at radius 1 is 1.44 bits per heavy atom. The standard InChI is InChI=1S/C9H14ClN5S/c1-4-3-6(16-7(4)10)5(2)14-9(13)15-8(11)12/h3,5H,1-2H3,(H6,11,12,13,14,15). The molecule has 0 aliphatic heterocycles. The third kappa shape index (κ3) is 3.39. The van der Waals surface area contributed by atoms with Crippen molar-refractivity contribution in [1.29, 1.82) is 0 Å². The molecular formula is C9H14ClN5S. The first-order valence-corrected chi connectivity index (χ1v) is 5.78. The van der Waals surface area contributed by atoms with Crippen LogP contribution in [-0.4, -0.2) is 11.9 Å². The molecule has 1 rings (SSSR count). The van der Waals surface area contributed by atoms with E-state index in [-0.39, 0.29) is 18.0 Å². The number of hydrogen-bond donors (Lipinski definition) is 3. The van der Waals surface area contributed by atoms with Crippen molar-refractivity contribution < 1.29 is 0 Å². The lowest BCUT2D eigenvalue weighted by molar-refractivity contribution is 0.834. The number of aliphatic imine (C=N–C) groups is 2. The van der Waals surface area contributed by atoms with E-state index in [9.17, 15) is 0 Å². The van der Waals surface area contributed by atoms with Gasteiger partial charge in [-0.25, -0.2) is 4.99 Å². The summed E-state index contributed by atoms with van der Waals surface area (Å²) in [6.45, 7) is 3.84. The fourth-order valence-corrected chi connectivity index (χ4v) is 2.32. The van der Waals surface area contributed by atoms with Gasteiger partial charge in [-0.3, -0.25) is 0 Å². The Balaban J connectivity index is 2.87. The van der Waals surface area contributed by atoms with Crippen molar-refractivity contribution in [2.75, 3.05) is 0 Å². The molecule has 1 aromatic rings. The average molecular weight is 260 g/mol. The van der Waals surface area contributed by atoms with E-state index >= 15 is 0 Å². The fourth-order valence-electron chi connectivity index (χ4n) is 1.11. The summed E-state index contributed by atoms with van der Waals surface area (Å²) in [4.78, 5) is 8.81. The summed E-state index contributed by atoms with van der Waals surface area (Å²) in [5.74, 6) is -0.0384. The Hall–Kier alpha value is -1.27. The molecule has 1 unspecified atom stereocenters. The van der Waals surface area contributed by atoms with Crippen molar-refractivity contribution >= 4 is 34.9 Å². The molecule has 0 aliphatic rings. The highest BCUT2D eigenvalue weighted by Crippen LogP contribution is 2.32. The number of nitrogens with zero attached hydrogens (tertiary/aromatic N) is 2. The van der Waals surface area contributed by atoms with Gasteiger partial charge in [0, 0.05) is 4.88 Å². The van der Waals surface area contributed by atoms with Gasteiger partial charge >= 0.3 is 0 Å². The van der Waals surface area contributed by atoms with E-state index in [1.54, 1.807) is 0 Å². The summed E-state index contributed by atoms with van der Waals surface area (Å²) in [7, 11) is 0. The van der Waals surface area contributed by atoms with Crippen molar-refractivity contribution in [1.82, 2.24) is 0 Å². The van der Waals surface area contributed by atoms with Crippen LogP contribution in [0, 0.1) is 6.92 Å². The van der Waals surface area contributed by atoms with Crippen LogP contribution < -0.4 is 17.2 Å². The third-order valence-electron chi connectivity index (χ3n) is 1.86. The normalized spacial score (nSPS) is 13.6. The number of aryl methyl sites for hydroxylation is 1. The molecule has 88 valence electrons. The minimum Gasteiger partial charge on any atom is -0.370 e. The summed E-state index contributed by atoms with van der Waals surface area (Å²) in [6, 6.07) is 1.86. The zero-order chi connectivity index (χ0) is 12.3. The lowest BCUT2D eigenvalue weighted by Crippen LogP contribution is -2.26. The van der Waals surface area contributed by atoms with E-state index in [1.807, 2.05) is 19.9 Å². The predicted octanol–water partition coefficient (Wildman–Crippen LogP) is 1.36. The van der Waals surface area contributed by atoms with Gasteiger partial charge in [-0.2, -0.15) is 4.99 Å². The highest BCUT2D eigenvalue weighted by atomic mass is 35.5. The van der Waals surface area contributed by atoms with Gasteiger partial charge in [0.2, 0.25) is 5.96 Å². The quantitative estimate of drug-likeness (QED) is 0.552. The van der Waals surface area contributed by atoms with Crippen molar-refractivity contribution in [3.05, 3.63) is 20.8 Å². The second kappa shape index (κ2) is 5.18. The van der Waals surface area contributed by atoms with E-state index in [1.165, 1.54) is 11.3 Å². The second-order valence-electron chi connectivity index (χ2n) is 3.31. The lowest BCUT2D eigenvalue weighted by Gasteiger charge is -2.03. The van der Waals surface area contributed by atoms with Crippen LogP contribution in [-0.2, 0) is 0 Å². The molecule has 16 heavy (non-hydrogen) atoms. The maximum atomic E-state index is 5.97. The van der Waals surface area contributed by atoms with E-state index in [0.29, 0.717) is 0 Å². The Labute approximate surface area is 103 Å². The molecule has 0 amide bonds. The SMILES string of the molecule is Cc1cc(C(C)N=C(N)N=C(N)N)sc1Cl. The number of halogens is 1. The topological polar surface area (TPSA) is 103 Å². The first kappa shape index (κ1) is 12.8. The van der Waals surface area contributed by atoms with E-state index in [2.05, 4.69) is 9.98 Å². The first-order chi connectivity index (χ1) is 7.40. The molecule has 0 saturated heterocycles. The molecule has 5 nitrogen and oxygen atoms in total. The maximum absolute atomic E-state index is 5.97. The van der Waals surface area contributed by atoms with Crippen LogP contribution in [0.3, 0.4) is 0 Å². The van der Waals surface area contributed by atoms with Gasteiger partial charge in [0.1, 0.15) is 0 Å². The molecule has 1 aromatic heterocycles. The minimum absolute atomic E-state index is 0.0645. The van der Waals surface area contributed by atoms with Gasteiger partial charge in [0.05, 0.1) is 10.4 Å². The van der Waals surface area contributed by atoms with Gasteiger partial charge < -0.3 is 17.2 Å². The largest absolute Gasteiger partial charge is 0.370 e. The maximum Gasteiger partial charge on any atom is 0.219 e. The van der Waals surface area contributed by atoms with Gasteiger partial charge in [0.15, 0.2) is 5.96 Å². The van der Waals surface area contributed by atoms with Crippen LogP contribution in [0.1, 0.15) is 23.4 Å². The van der Waals surface area contributed by atoms with Crippen molar-refractivity contribution in [3.8, 4) is 0 Å². The predicted molar refractivity (Wildman–Crippen MR) is 69.9 cm³/mol. The van der Waals surface area contributed by atoms with E-state index in [4.69, 9.17) is 28.8 Å². The first-order valence-electron chi connectivity index (χ1n) is 4.59. The summed E-state index contributed by atoms with van der Waals surface area (Å²) in [5.41, 5.74) is 16.9. The van der Waals surface area contributed by atoms with Gasteiger partial charge in [-0.05, 0) is 25.5 Å². The number of rotatable bonds is 2. The molecule has 0 radical (unpaired) electrons. The van der Waals surface area contributed by atoms with Gasteiger partial charge in [-0.1, -0.05) is 11.6 Å². The van der Waals surface area contributed by atoms with Crippen LogP contribution in [0.2, 0.25) is 4.34 Å². The monoisotopic (exact) mass is 259 g/mol. The zero-order valence-corrected chi connectivity index (χ0v) is 10.6. The highest BCUT2D eigenvalue weighted by molar-refractivity contribution is 7.16. The summed E-state index contributed by atoms with van der Waals surface area (Å²) >= 11 is 7.44. The molecule has 1 heterocycles. The number of guanidine groups is 2. The Bertz CT molecular complexity index is 414. The molecule has 0 saturated carbocycles. The molecule has 0 fully saturated rings. The van der Waals surface area contributed by atoms with Gasteiger partial charge in [-0.15, -0.1) is 11.3 Å². The van der Waals surface area contributed by atoms with Crippen LogP contribution in [0.15, 0.2) is 16.1 Å². The molecule has 7 heteroatoms. The molecule has 0 aliphatic carbocycles. The Morgan fingerprint density at radius 2 is 2.06 bits per heavy atom. The lowest BCUT2D eigenvalue weighted by atomic mass is 10.2. The molecule has 0 aromatic carbocycles. The summed E-state index contributed by atoms with van der Waals surface area (Å²) in [6.07, 6.45) is 0. The fraction of sp³-hybridized carbons (Fsp3) is 0.333. The molecule has 0 spiro atoms. The number of hydrogen-bond acceptors (Lipinski definition) is 2. The summed E-state index contributed by atoms with van der Waals surface area (Å²) in [5, 5.41) is 0. The molecule has 0 bridgehead atoms. The average Bonchev–Trinajstić information content (AvgIpc) is 2.45. The van der Waals surface area contributed by atoms with Crippen molar-refractivity contribution in [3.63, 3.8) is 0 Å². The van der Waals surface area contributed by atoms with Crippen LogP contribution in [0.25, 0.3) is 0 Å². The van der Waals surface area contributed by atoms with E-state index in [0.717, 1.165) is 14.8 Å². The number of thiophene rings is 1.